The molecule has 0 aliphatic heterocycles. The normalized spacial score (nSPS) is 18.7. The van der Waals surface area contributed by atoms with Gasteiger partial charge in [0.15, 0.2) is 0 Å². The van der Waals surface area contributed by atoms with E-state index < -0.39 is 0 Å². The predicted octanol–water partition coefficient (Wildman–Crippen LogP) is 3.94. The zero-order valence-corrected chi connectivity index (χ0v) is 12.0. The zero-order valence-electron chi connectivity index (χ0n) is 10.4. The Morgan fingerprint density at radius 2 is 2.18 bits per heavy atom. The molecule has 0 heterocycles. The monoisotopic (exact) mass is 293 g/mol. The molecule has 2 heteroatoms. The summed E-state index contributed by atoms with van der Waals surface area (Å²) < 4.78 is 1.19. The minimum atomic E-state index is 0.131. The Labute approximate surface area is 112 Å². The van der Waals surface area contributed by atoms with Gasteiger partial charge in [-0.3, -0.25) is 0 Å². The van der Waals surface area contributed by atoms with E-state index in [1.165, 1.54) is 22.9 Å². The standard InChI is InChI=1S/C15H20BrN/c1-3-15(2,11-17-13-8-9-13)10-12-6-4-5-7-14(12)16/h3-7,13,17H,1,8-11H2,2H3. The van der Waals surface area contributed by atoms with E-state index in [0.29, 0.717) is 0 Å². The molecule has 1 aliphatic carbocycles. The van der Waals surface area contributed by atoms with E-state index in [9.17, 15) is 0 Å². The van der Waals surface area contributed by atoms with Crippen LogP contribution >= 0.6 is 15.9 Å². The highest BCUT2D eigenvalue weighted by Crippen LogP contribution is 2.29. The Morgan fingerprint density at radius 3 is 2.76 bits per heavy atom. The van der Waals surface area contributed by atoms with E-state index in [2.05, 4.69) is 65.1 Å². The van der Waals surface area contributed by atoms with Crippen molar-refractivity contribution in [3.8, 4) is 0 Å². The van der Waals surface area contributed by atoms with E-state index >= 15 is 0 Å². The first kappa shape index (κ1) is 12.8. The molecule has 1 nitrogen and oxygen atoms in total. The first-order valence-corrected chi connectivity index (χ1v) is 7.03. The molecule has 1 atom stereocenters. The first-order valence-electron chi connectivity index (χ1n) is 6.23. The number of halogens is 1. The minimum absolute atomic E-state index is 0.131. The van der Waals surface area contributed by atoms with Crippen LogP contribution in [0.5, 0.6) is 0 Å². The summed E-state index contributed by atoms with van der Waals surface area (Å²) in [6.07, 6.45) is 5.78. The fourth-order valence-corrected chi connectivity index (χ4v) is 2.37. The summed E-state index contributed by atoms with van der Waals surface area (Å²) in [5.41, 5.74) is 1.49. The molecule has 1 aliphatic rings. The van der Waals surface area contributed by atoms with Crippen LogP contribution < -0.4 is 5.32 Å². The molecule has 1 fully saturated rings. The number of benzene rings is 1. The van der Waals surface area contributed by atoms with Gasteiger partial charge in [-0.15, -0.1) is 6.58 Å². The predicted molar refractivity (Wildman–Crippen MR) is 77.2 cm³/mol. The van der Waals surface area contributed by atoms with Crippen molar-refractivity contribution in [2.45, 2.75) is 32.2 Å². The highest BCUT2D eigenvalue weighted by molar-refractivity contribution is 9.10. The van der Waals surface area contributed by atoms with Crippen LogP contribution in [-0.4, -0.2) is 12.6 Å². The summed E-state index contributed by atoms with van der Waals surface area (Å²) in [5, 5.41) is 3.60. The van der Waals surface area contributed by atoms with E-state index in [-0.39, 0.29) is 5.41 Å². The molecule has 0 spiro atoms. The van der Waals surface area contributed by atoms with E-state index in [4.69, 9.17) is 0 Å². The number of rotatable bonds is 6. The Kier molecular flexibility index (Phi) is 4.05. The van der Waals surface area contributed by atoms with Crippen LogP contribution in [0.4, 0.5) is 0 Å². The SMILES string of the molecule is C=CC(C)(CNC1CC1)Cc1ccccc1Br. The average molecular weight is 294 g/mol. The van der Waals surface area contributed by atoms with Gasteiger partial charge in [0.1, 0.15) is 0 Å². The van der Waals surface area contributed by atoms with Gasteiger partial charge >= 0.3 is 0 Å². The first-order chi connectivity index (χ1) is 8.13. The molecular weight excluding hydrogens is 274 g/mol. The molecule has 0 radical (unpaired) electrons. The Bertz CT molecular complexity index is 398. The molecule has 0 saturated heterocycles. The summed E-state index contributed by atoms with van der Waals surface area (Å²) >= 11 is 3.62. The molecule has 92 valence electrons. The highest BCUT2D eigenvalue weighted by atomic mass is 79.9. The van der Waals surface area contributed by atoms with Crippen molar-refractivity contribution < 1.29 is 0 Å². The third kappa shape index (κ3) is 3.68. The molecule has 1 aromatic rings. The fourth-order valence-electron chi connectivity index (χ4n) is 1.95. The maximum absolute atomic E-state index is 4.00. The van der Waals surface area contributed by atoms with E-state index in [1.807, 2.05) is 0 Å². The lowest BCUT2D eigenvalue weighted by atomic mass is 9.83. The van der Waals surface area contributed by atoms with Crippen LogP contribution in [0.3, 0.4) is 0 Å². The number of hydrogen-bond acceptors (Lipinski definition) is 1. The van der Waals surface area contributed by atoms with Gasteiger partial charge in [0.2, 0.25) is 0 Å². The average Bonchev–Trinajstić information content (AvgIpc) is 3.14. The van der Waals surface area contributed by atoms with Crippen molar-refractivity contribution in [2.75, 3.05) is 6.54 Å². The van der Waals surface area contributed by atoms with Crippen molar-refractivity contribution in [1.29, 1.82) is 0 Å². The molecule has 1 aromatic carbocycles. The second kappa shape index (κ2) is 5.36. The van der Waals surface area contributed by atoms with Gasteiger partial charge in [-0.05, 0) is 30.9 Å². The van der Waals surface area contributed by atoms with E-state index in [0.717, 1.165) is 19.0 Å². The molecule has 0 aromatic heterocycles. The van der Waals surface area contributed by atoms with Gasteiger partial charge in [-0.1, -0.05) is 47.1 Å². The van der Waals surface area contributed by atoms with Crippen LogP contribution in [-0.2, 0) is 6.42 Å². The lowest BCUT2D eigenvalue weighted by Gasteiger charge is -2.27. The van der Waals surface area contributed by atoms with Crippen molar-refractivity contribution in [2.24, 2.45) is 5.41 Å². The topological polar surface area (TPSA) is 12.0 Å². The maximum atomic E-state index is 4.00. The fraction of sp³-hybridized carbons (Fsp3) is 0.467. The highest BCUT2D eigenvalue weighted by Gasteiger charge is 2.26. The number of hydrogen-bond donors (Lipinski definition) is 1. The molecule has 17 heavy (non-hydrogen) atoms. The van der Waals surface area contributed by atoms with Gasteiger partial charge in [-0.25, -0.2) is 0 Å². The number of nitrogens with one attached hydrogen (secondary N) is 1. The third-order valence-electron chi connectivity index (χ3n) is 3.42. The molecule has 0 bridgehead atoms. The van der Waals surface area contributed by atoms with Crippen LogP contribution in [0.2, 0.25) is 0 Å². The second-order valence-corrected chi connectivity index (χ2v) is 6.14. The second-order valence-electron chi connectivity index (χ2n) is 5.28. The Hall–Kier alpha value is -0.600. The zero-order chi connectivity index (χ0) is 12.3. The van der Waals surface area contributed by atoms with Gasteiger partial charge < -0.3 is 5.32 Å². The lowest BCUT2D eigenvalue weighted by molar-refractivity contribution is 0.389. The summed E-state index contributed by atoms with van der Waals surface area (Å²) in [6.45, 7) is 7.29. The van der Waals surface area contributed by atoms with Gasteiger partial charge in [-0.2, -0.15) is 0 Å². The summed E-state index contributed by atoms with van der Waals surface area (Å²) in [4.78, 5) is 0. The maximum Gasteiger partial charge on any atom is 0.0207 e. The van der Waals surface area contributed by atoms with Crippen LogP contribution in [0.1, 0.15) is 25.3 Å². The smallest absolute Gasteiger partial charge is 0.0207 e. The van der Waals surface area contributed by atoms with Crippen LogP contribution in [0, 0.1) is 5.41 Å². The van der Waals surface area contributed by atoms with Crippen molar-refractivity contribution >= 4 is 15.9 Å². The molecule has 2 rings (SSSR count). The summed E-state index contributed by atoms with van der Waals surface area (Å²) in [6, 6.07) is 9.20. The van der Waals surface area contributed by atoms with Gasteiger partial charge in [0, 0.05) is 22.5 Å². The van der Waals surface area contributed by atoms with Crippen LogP contribution in [0.25, 0.3) is 0 Å². The molecule has 1 unspecified atom stereocenters. The summed E-state index contributed by atoms with van der Waals surface area (Å²) in [5.74, 6) is 0. The van der Waals surface area contributed by atoms with Gasteiger partial charge in [0.05, 0.1) is 0 Å². The van der Waals surface area contributed by atoms with Crippen LogP contribution in [0.15, 0.2) is 41.4 Å². The summed E-state index contributed by atoms with van der Waals surface area (Å²) in [7, 11) is 0. The van der Waals surface area contributed by atoms with Gasteiger partial charge in [0.25, 0.3) is 0 Å². The molecule has 1 saturated carbocycles. The Morgan fingerprint density at radius 1 is 1.47 bits per heavy atom. The Balaban J connectivity index is 2.01. The van der Waals surface area contributed by atoms with Crippen molar-refractivity contribution in [3.05, 3.63) is 47.0 Å². The molecule has 1 N–H and O–H groups in total. The largest absolute Gasteiger partial charge is 0.313 e. The van der Waals surface area contributed by atoms with E-state index in [1.54, 1.807) is 0 Å². The van der Waals surface area contributed by atoms with Crippen molar-refractivity contribution in [1.82, 2.24) is 5.32 Å². The minimum Gasteiger partial charge on any atom is -0.313 e. The third-order valence-corrected chi connectivity index (χ3v) is 4.19. The molecule has 0 amide bonds. The lowest BCUT2D eigenvalue weighted by Crippen LogP contribution is -2.33. The quantitative estimate of drug-likeness (QED) is 0.784. The molecular formula is C15H20BrN. The van der Waals surface area contributed by atoms with Crippen molar-refractivity contribution in [3.63, 3.8) is 0 Å².